The molecule has 0 unspecified atom stereocenters. The maximum Gasteiger partial charge on any atom is 0.261 e. The molecule has 7 nitrogen and oxygen atoms in total. The molecule has 2 aliphatic heterocycles. The normalized spacial score (nSPS) is 21.5. The molecule has 0 amide bonds. The monoisotopic (exact) mass is 425 g/mol. The molecule has 5 rings (SSSR count). The zero-order chi connectivity index (χ0) is 21.5. The molecule has 2 fully saturated rings. The molecule has 0 aliphatic carbocycles. The lowest BCUT2D eigenvalue weighted by Crippen LogP contribution is -2.40. The van der Waals surface area contributed by atoms with Gasteiger partial charge in [0.1, 0.15) is 17.2 Å². The van der Waals surface area contributed by atoms with E-state index in [1.165, 1.54) is 0 Å². The highest BCUT2D eigenvalue weighted by Crippen LogP contribution is 2.38. The second-order valence-corrected chi connectivity index (χ2v) is 8.57. The number of nitrogens with one attached hydrogen (secondary N) is 1. The first-order chi connectivity index (χ1) is 15.0. The molecule has 0 bridgehead atoms. The van der Waals surface area contributed by atoms with Crippen LogP contribution in [0, 0.1) is 19.7 Å². The highest BCUT2D eigenvalue weighted by molar-refractivity contribution is 5.93. The molecule has 2 aliphatic rings. The Bertz CT molecular complexity index is 1110. The number of aromatic nitrogens is 3. The number of anilines is 1. The van der Waals surface area contributed by atoms with Gasteiger partial charge >= 0.3 is 0 Å². The first-order valence-corrected chi connectivity index (χ1v) is 11.1. The van der Waals surface area contributed by atoms with Crippen molar-refractivity contribution in [3.05, 3.63) is 34.9 Å². The Kier molecular flexibility index (Phi) is 5.35. The van der Waals surface area contributed by atoms with Crippen LogP contribution in [0.4, 0.5) is 10.2 Å². The minimum atomic E-state index is -0.288. The standard InChI is InChI=1S/C23H28FN5O2/c1-4-15-9-18-13(2)20(23-25-14(3)28-31-23)22(27-21(18)19(24)10-15)29-7-5-16(11-29)26-17-6-8-30-12-17/h9-10,16-17,26H,4-8,11-12H2,1-3H3/t16-,17+/m0/s1. The molecule has 2 aromatic heterocycles. The summed E-state index contributed by atoms with van der Waals surface area (Å²) in [5.74, 6) is 1.42. The van der Waals surface area contributed by atoms with Gasteiger partial charge < -0.3 is 19.5 Å². The fraction of sp³-hybridized carbons (Fsp3) is 0.522. The lowest BCUT2D eigenvalue weighted by molar-refractivity contribution is 0.188. The van der Waals surface area contributed by atoms with Gasteiger partial charge in [-0.05, 0) is 56.4 Å². The quantitative estimate of drug-likeness (QED) is 0.670. The Balaban J connectivity index is 1.58. The number of ether oxygens (including phenoxy) is 1. The summed E-state index contributed by atoms with van der Waals surface area (Å²) >= 11 is 0. The summed E-state index contributed by atoms with van der Waals surface area (Å²) in [6.07, 6.45) is 2.80. The molecular formula is C23H28FN5O2. The van der Waals surface area contributed by atoms with Gasteiger partial charge in [0.2, 0.25) is 0 Å². The highest BCUT2D eigenvalue weighted by Gasteiger charge is 2.31. The molecule has 2 atom stereocenters. The summed E-state index contributed by atoms with van der Waals surface area (Å²) in [6, 6.07) is 4.35. The van der Waals surface area contributed by atoms with Crippen LogP contribution >= 0.6 is 0 Å². The Morgan fingerprint density at radius 3 is 2.77 bits per heavy atom. The maximum atomic E-state index is 15.0. The lowest BCUT2D eigenvalue weighted by Gasteiger charge is -2.23. The van der Waals surface area contributed by atoms with E-state index in [4.69, 9.17) is 14.2 Å². The molecule has 0 saturated carbocycles. The van der Waals surface area contributed by atoms with Crippen LogP contribution in [-0.2, 0) is 11.2 Å². The summed E-state index contributed by atoms with van der Waals surface area (Å²) in [6.45, 7) is 9.02. The van der Waals surface area contributed by atoms with Crippen molar-refractivity contribution in [2.45, 2.75) is 52.1 Å². The summed E-state index contributed by atoms with van der Waals surface area (Å²) < 4.78 is 26.1. The number of hydrogen-bond donors (Lipinski definition) is 1. The van der Waals surface area contributed by atoms with Crippen molar-refractivity contribution in [3.63, 3.8) is 0 Å². The van der Waals surface area contributed by atoms with Crippen molar-refractivity contribution in [1.82, 2.24) is 20.4 Å². The van der Waals surface area contributed by atoms with E-state index in [0.717, 1.165) is 67.6 Å². The first-order valence-electron chi connectivity index (χ1n) is 11.1. The fourth-order valence-corrected chi connectivity index (χ4v) is 4.69. The van der Waals surface area contributed by atoms with Gasteiger partial charge in [-0.25, -0.2) is 9.37 Å². The van der Waals surface area contributed by atoms with E-state index < -0.39 is 0 Å². The van der Waals surface area contributed by atoms with E-state index >= 15 is 4.39 Å². The summed E-state index contributed by atoms with van der Waals surface area (Å²) in [5.41, 5.74) is 3.05. The predicted molar refractivity (Wildman–Crippen MR) is 117 cm³/mol. The van der Waals surface area contributed by atoms with E-state index in [2.05, 4.69) is 20.4 Å². The third-order valence-corrected chi connectivity index (χ3v) is 6.38. The van der Waals surface area contributed by atoms with Gasteiger partial charge in [0.05, 0.1) is 12.2 Å². The van der Waals surface area contributed by atoms with E-state index in [9.17, 15) is 0 Å². The number of pyridine rings is 1. The van der Waals surface area contributed by atoms with Crippen molar-refractivity contribution in [3.8, 4) is 11.5 Å². The van der Waals surface area contributed by atoms with Gasteiger partial charge in [-0.1, -0.05) is 12.1 Å². The molecule has 2 saturated heterocycles. The van der Waals surface area contributed by atoms with Crippen LogP contribution < -0.4 is 10.2 Å². The third-order valence-electron chi connectivity index (χ3n) is 6.38. The Labute approximate surface area is 181 Å². The number of halogens is 1. The predicted octanol–water partition coefficient (Wildman–Crippen LogP) is 3.56. The van der Waals surface area contributed by atoms with Crippen molar-refractivity contribution in [2.24, 2.45) is 0 Å². The van der Waals surface area contributed by atoms with Crippen molar-refractivity contribution in [1.29, 1.82) is 0 Å². The molecule has 31 heavy (non-hydrogen) atoms. The van der Waals surface area contributed by atoms with Crippen LogP contribution in [0.3, 0.4) is 0 Å². The minimum Gasteiger partial charge on any atom is -0.380 e. The number of fused-ring (bicyclic) bond motifs is 1. The van der Waals surface area contributed by atoms with Crippen LogP contribution in [0.1, 0.15) is 36.7 Å². The van der Waals surface area contributed by atoms with Crippen molar-refractivity contribution in [2.75, 3.05) is 31.2 Å². The number of rotatable bonds is 5. The molecular weight excluding hydrogens is 397 g/mol. The van der Waals surface area contributed by atoms with Gasteiger partial charge in [-0.3, -0.25) is 0 Å². The topological polar surface area (TPSA) is 76.3 Å². The molecule has 1 N–H and O–H groups in total. The maximum absolute atomic E-state index is 15.0. The highest BCUT2D eigenvalue weighted by atomic mass is 19.1. The van der Waals surface area contributed by atoms with Gasteiger partial charge in [0.15, 0.2) is 5.82 Å². The van der Waals surface area contributed by atoms with Crippen LogP contribution in [-0.4, -0.2) is 53.5 Å². The van der Waals surface area contributed by atoms with E-state index in [1.54, 1.807) is 13.0 Å². The van der Waals surface area contributed by atoms with Gasteiger partial charge in [0, 0.05) is 37.2 Å². The largest absolute Gasteiger partial charge is 0.380 e. The average molecular weight is 426 g/mol. The molecule has 164 valence electrons. The third kappa shape index (κ3) is 3.78. The van der Waals surface area contributed by atoms with E-state index in [-0.39, 0.29) is 5.82 Å². The van der Waals surface area contributed by atoms with E-state index in [1.807, 2.05) is 19.9 Å². The van der Waals surface area contributed by atoms with Crippen LogP contribution in [0.5, 0.6) is 0 Å². The smallest absolute Gasteiger partial charge is 0.261 e. The number of aryl methyl sites for hydroxylation is 3. The number of hydrogen-bond acceptors (Lipinski definition) is 7. The summed E-state index contributed by atoms with van der Waals surface area (Å²) in [5, 5.41) is 8.48. The Hall–Kier alpha value is -2.58. The molecule has 1 aromatic carbocycles. The molecule has 8 heteroatoms. The second-order valence-electron chi connectivity index (χ2n) is 8.57. The molecule has 0 spiro atoms. The van der Waals surface area contributed by atoms with Crippen LogP contribution in [0.2, 0.25) is 0 Å². The van der Waals surface area contributed by atoms with Gasteiger partial charge in [-0.2, -0.15) is 4.98 Å². The molecule has 0 radical (unpaired) electrons. The number of benzene rings is 1. The van der Waals surface area contributed by atoms with Gasteiger partial charge in [-0.15, -0.1) is 0 Å². The zero-order valence-electron chi connectivity index (χ0n) is 18.2. The zero-order valence-corrected chi connectivity index (χ0v) is 18.2. The summed E-state index contributed by atoms with van der Waals surface area (Å²) in [7, 11) is 0. The van der Waals surface area contributed by atoms with Crippen LogP contribution in [0.15, 0.2) is 16.7 Å². The van der Waals surface area contributed by atoms with Crippen molar-refractivity contribution < 1.29 is 13.7 Å². The minimum absolute atomic E-state index is 0.288. The van der Waals surface area contributed by atoms with Gasteiger partial charge in [0.25, 0.3) is 5.89 Å². The fourth-order valence-electron chi connectivity index (χ4n) is 4.69. The number of nitrogens with zero attached hydrogens (tertiary/aromatic N) is 4. The lowest BCUT2D eigenvalue weighted by atomic mass is 10.00. The van der Waals surface area contributed by atoms with Crippen molar-refractivity contribution >= 4 is 16.7 Å². The summed E-state index contributed by atoms with van der Waals surface area (Å²) in [4.78, 5) is 11.5. The first kappa shape index (κ1) is 20.3. The second kappa shape index (κ2) is 8.16. The Morgan fingerprint density at radius 1 is 1.19 bits per heavy atom. The average Bonchev–Trinajstić information content (AvgIpc) is 3.51. The molecule has 3 aromatic rings. The van der Waals surface area contributed by atoms with Crippen LogP contribution in [0.25, 0.3) is 22.4 Å². The Morgan fingerprint density at radius 2 is 2.06 bits per heavy atom. The molecule has 4 heterocycles. The van der Waals surface area contributed by atoms with E-state index in [0.29, 0.717) is 35.1 Å². The SMILES string of the molecule is CCc1cc(F)c2nc(N3CC[C@H](N[C@@H]4CCOC4)C3)c(-c3nc(C)no3)c(C)c2c1.